The Balaban J connectivity index is 1.69. The molecule has 1 aliphatic heterocycles. The summed E-state index contributed by atoms with van der Waals surface area (Å²) in [7, 11) is 0. The van der Waals surface area contributed by atoms with Gasteiger partial charge in [-0.3, -0.25) is 4.79 Å². The lowest BCUT2D eigenvalue weighted by Crippen LogP contribution is -2.48. The number of hydrogen-bond acceptors (Lipinski definition) is 4. The molecule has 7 heteroatoms. The first kappa shape index (κ1) is 16.2. The second kappa shape index (κ2) is 7.74. The number of ether oxygens (including phenoxy) is 2. The molecular formula is C15H18FNO5. The summed E-state index contributed by atoms with van der Waals surface area (Å²) in [5.41, 5.74) is 0. The normalized spacial score (nSPS) is 18.0. The van der Waals surface area contributed by atoms with Gasteiger partial charge in [0, 0.05) is 13.0 Å². The van der Waals surface area contributed by atoms with Gasteiger partial charge in [0.1, 0.15) is 11.6 Å². The third-order valence-electron chi connectivity index (χ3n) is 3.31. The van der Waals surface area contributed by atoms with E-state index in [1.165, 1.54) is 29.2 Å². The summed E-state index contributed by atoms with van der Waals surface area (Å²) >= 11 is 0. The van der Waals surface area contributed by atoms with Crippen molar-refractivity contribution in [3.8, 4) is 5.75 Å². The van der Waals surface area contributed by atoms with E-state index >= 15 is 0 Å². The molecule has 1 saturated heterocycles. The highest BCUT2D eigenvalue weighted by atomic mass is 19.1. The predicted octanol–water partition coefficient (Wildman–Crippen LogP) is 1.30. The molecular weight excluding hydrogens is 293 g/mol. The fraction of sp³-hybridized carbons (Fsp3) is 0.467. The summed E-state index contributed by atoms with van der Waals surface area (Å²) < 4.78 is 23.2. The van der Waals surface area contributed by atoms with Crippen LogP contribution in [0, 0.1) is 5.82 Å². The second-order valence-corrected chi connectivity index (χ2v) is 4.94. The Bertz CT molecular complexity index is 519. The first-order valence-electron chi connectivity index (χ1n) is 7.07. The number of carbonyl (C=O) groups is 2. The standard InChI is InChI=1S/C15H18FNO5/c16-11-3-5-12(6-4-11)21-8-1-2-14(18)17-7-9-22-13(10-17)15(19)20/h3-6,13H,1-2,7-10H2,(H,19,20). The van der Waals surface area contributed by atoms with Crippen molar-refractivity contribution in [1.29, 1.82) is 0 Å². The van der Waals surface area contributed by atoms with Crippen molar-refractivity contribution < 1.29 is 28.6 Å². The Labute approximate surface area is 127 Å². The Morgan fingerprint density at radius 3 is 2.77 bits per heavy atom. The van der Waals surface area contributed by atoms with Gasteiger partial charge in [-0.25, -0.2) is 9.18 Å². The molecule has 1 atom stereocenters. The summed E-state index contributed by atoms with van der Waals surface area (Å²) in [6.07, 6.45) is -0.174. The average molecular weight is 311 g/mol. The fourth-order valence-corrected chi connectivity index (χ4v) is 2.13. The van der Waals surface area contributed by atoms with E-state index in [0.717, 1.165) is 0 Å². The highest BCUT2D eigenvalue weighted by Crippen LogP contribution is 2.12. The number of morpholine rings is 1. The minimum absolute atomic E-state index is 0.0764. The predicted molar refractivity (Wildman–Crippen MR) is 75.1 cm³/mol. The molecule has 0 saturated carbocycles. The van der Waals surface area contributed by atoms with Crippen LogP contribution in [0.5, 0.6) is 5.75 Å². The molecule has 0 radical (unpaired) electrons. The van der Waals surface area contributed by atoms with Crippen LogP contribution < -0.4 is 4.74 Å². The Hall–Kier alpha value is -2.15. The molecule has 1 aromatic carbocycles. The third-order valence-corrected chi connectivity index (χ3v) is 3.31. The maximum Gasteiger partial charge on any atom is 0.334 e. The summed E-state index contributed by atoms with van der Waals surface area (Å²) in [6, 6.07) is 5.66. The zero-order valence-electron chi connectivity index (χ0n) is 12.0. The molecule has 0 aliphatic carbocycles. The molecule has 2 rings (SSSR count). The summed E-state index contributed by atoms with van der Waals surface area (Å²) in [5, 5.41) is 8.89. The number of carbonyl (C=O) groups excluding carboxylic acids is 1. The number of hydrogen-bond donors (Lipinski definition) is 1. The van der Waals surface area contributed by atoms with Gasteiger partial charge in [0.2, 0.25) is 5.91 Å². The van der Waals surface area contributed by atoms with E-state index in [0.29, 0.717) is 25.3 Å². The number of halogens is 1. The molecule has 22 heavy (non-hydrogen) atoms. The number of carboxylic acids is 1. The molecule has 1 N–H and O–H groups in total. The first-order chi connectivity index (χ1) is 10.6. The minimum Gasteiger partial charge on any atom is -0.494 e. The molecule has 0 spiro atoms. The van der Waals surface area contributed by atoms with E-state index in [9.17, 15) is 14.0 Å². The molecule has 1 fully saturated rings. The summed E-state index contributed by atoms with van der Waals surface area (Å²) in [6.45, 7) is 1.05. The van der Waals surface area contributed by atoms with E-state index in [4.69, 9.17) is 14.6 Å². The van der Waals surface area contributed by atoms with E-state index < -0.39 is 12.1 Å². The quantitative estimate of drug-likeness (QED) is 0.801. The molecule has 1 aromatic rings. The van der Waals surface area contributed by atoms with E-state index in [2.05, 4.69) is 0 Å². The van der Waals surface area contributed by atoms with E-state index in [1.807, 2.05) is 0 Å². The topological polar surface area (TPSA) is 76.1 Å². The van der Waals surface area contributed by atoms with E-state index in [-0.39, 0.29) is 31.3 Å². The smallest absolute Gasteiger partial charge is 0.334 e. The second-order valence-electron chi connectivity index (χ2n) is 4.94. The maximum absolute atomic E-state index is 12.7. The highest BCUT2D eigenvalue weighted by Gasteiger charge is 2.28. The first-order valence-corrected chi connectivity index (χ1v) is 7.07. The van der Waals surface area contributed by atoms with Crippen molar-refractivity contribution in [1.82, 2.24) is 4.90 Å². The summed E-state index contributed by atoms with van der Waals surface area (Å²) in [4.78, 5) is 24.3. The molecule has 1 unspecified atom stereocenters. The highest BCUT2D eigenvalue weighted by molar-refractivity contribution is 5.78. The van der Waals surface area contributed by atoms with Gasteiger partial charge in [-0.1, -0.05) is 0 Å². The largest absolute Gasteiger partial charge is 0.494 e. The van der Waals surface area contributed by atoms with Crippen molar-refractivity contribution >= 4 is 11.9 Å². The van der Waals surface area contributed by atoms with Crippen LogP contribution in [0.15, 0.2) is 24.3 Å². The van der Waals surface area contributed by atoms with Crippen molar-refractivity contribution in [2.24, 2.45) is 0 Å². The van der Waals surface area contributed by atoms with Crippen molar-refractivity contribution in [3.63, 3.8) is 0 Å². The van der Waals surface area contributed by atoms with Gasteiger partial charge in [-0.05, 0) is 30.7 Å². The number of amides is 1. The van der Waals surface area contributed by atoms with Gasteiger partial charge in [0.25, 0.3) is 0 Å². The molecule has 1 amide bonds. The molecule has 6 nitrogen and oxygen atoms in total. The van der Waals surface area contributed by atoms with Crippen LogP contribution in [-0.4, -0.2) is 54.3 Å². The number of rotatable bonds is 6. The minimum atomic E-state index is -1.06. The van der Waals surface area contributed by atoms with Crippen molar-refractivity contribution in [3.05, 3.63) is 30.1 Å². The zero-order valence-corrected chi connectivity index (χ0v) is 12.0. The van der Waals surface area contributed by atoms with Gasteiger partial charge in [-0.2, -0.15) is 0 Å². The molecule has 120 valence electrons. The lowest BCUT2D eigenvalue weighted by molar-refractivity contribution is -0.159. The van der Waals surface area contributed by atoms with E-state index in [1.54, 1.807) is 0 Å². The summed E-state index contributed by atoms with van der Waals surface area (Å²) in [5.74, 6) is -0.955. The third kappa shape index (κ3) is 4.70. The lowest BCUT2D eigenvalue weighted by atomic mass is 10.2. The lowest BCUT2D eigenvalue weighted by Gasteiger charge is -2.30. The molecule has 0 bridgehead atoms. The van der Waals surface area contributed by atoms with Crippen LogP contribution in [0.4, 0.5) is 4.39 Å². The number of aliphatic carboxylic acids is 1. The van der Waals surface area contributed by atoms with Crippen LogP contribution in [0.3, 0.4) is 0 Å². The number of nitrogens with zero attached hydrogens (tertiary/aromatic N) is 1. The Morgan fingerprint density at radius 2 is 2.09 bits per heavy atom. The average Bonchev–Trinajstić information content (AvgIpc) is 2.53. The van der Waals surface area contributed by atoms with Gasteiger partial charge in [-0.15, -0.1) is 0 Å². The number of benzene rings is 1. The van der Waals surface area contributed by atoms with Gasteiger partial charge in [0.15, 0.2) is 6.10 Å². The zero-order chi connectivity index (χ0) is 15.9. The molecule has 0 aromatic heterocycles. The molecule has 1 heterocycles. The van der Waals surface area contributed by atoms with Gasteiger partial charge < -0.3 is 19.5 Å². The van der Waals surface area contributed by atoms with Crippen LogP contribution in [-0.2, 0) is 14.3 Å². The van der Waals surface area contributed by atoms with Crippen molar-refractivity contribution in [2.45, 2.75) is 18.9 Å². The van der Waals surface area contributed by atoms with Gasteiger partial charge >= 0.3 is 5.97 Å². The fourth-order valence-electron chi connectivity index (χ4n) is 2.13. The molecule has 1 aliphatic rings. The number of carboxylic acid groups (broad SMARTS) is 1. The van der Waals surface area contributed by atoms with Gasteiger partial charge in [0.05, 0.1) is 19.8 Å². The maximum atomic E-state index is 12.7. The van der Waals surface area contributed by atoms with Crippen LogP contribution >= 0.6 is 0 Å². The van der Waals surface area contributed by atoms with Crippen LogP contribution in [0.1, 0.15) is 12.8 Å². The monoisotopic (exact) mass is 311 g/mol. The SMILES string of the molecule is O=C(O)C1CN(C(=O)CCCOc2ccc(F)cc2)CCO1. The Kier molecular flexibility index (Phi) is 5.71. The van der Waals surface area contributed by atoms with Crippen molar-refractivity contribution in [2.75, 3.05) is 26.3 Å². The van der Waals surface area contributed by atoms with Crippen LogP contribution in [0.25, 0.3) is 0 Å². The Morgan fingerprint density at radius 1 is 1.36 bits per heavy atom. The van der Waals surface area contributed by atoms with Crippen LogP contribution in [0.2, 0.25) is 0 Å².